The van der Waals surface area contributed by atoms with Crippen LogP contribution >= 0.6 is 0 Å². The first-order valence-electron chi connectivity index (χ1n) is 6.09. The lowest BCUT2D eigenvalue weighted by Gasteiger charge is -2.14. The Labute approximate surface area is 110 Å². The number of hydrogen-bond donors (Lipinski definition) is 2. The summed E-state index contributed by atoms with van der Waals surface area (Å²) in [5.74, 6) is -3.07. The summed E-state index contributed by atoms with van der Waals surface area (Å²) in [6.07, 6.45) is 0.926. The maximum atomic E-state index is 13.2. The molecule has 2 N–H and O–H groups in total. The summed E-state index contributed by atoms with van der Waals surface area (Å²) in [5.41, 5.74) is 0. The van der Waals surface area contributed by atoms with Crippen molar-refractivity contribution >= 4 is 5.97 Å². The molecule has 0 bridgehead atoms. The lowest BCUT2D eigenvalue weighted by atomic mass is 10.2. The van der Waals surface area contributed by atoms with Crippen molar-refractivity contribution in [1.29, 1.82) is 0 Å². The van der Waals surface area contributed by atoms with Crippen molar-refractivity contribution < 1.29 is 23.4 Å². The summed E-state index contributed by atoms with van der Waals surface area (Å²) in [5, 5.41) is 11.8. The lowest BCUT2D eigenvalue weighted by Crippen LogP contribution is -2.38. The van der Waals surface area contributed by atoms with Gasteiger partial charge in [0.2, 0.25) is 0 Å². The first-order valence-corrected chi connectivity index (χ1v) is 6.09. The van der Waals surface area contributed by atoms with Gasteiger partial charge in [-0.3, -0.25) is 4.79 Å². The van der Waals surface area contributed by atoms with Crippen molar-refractivity contribution in [1.82, 2.24) is 5.32 Å². The van der Waals surface area contributed by atoms with Gasteiger partial charge in [0.15, 0.2) is 17.4 Å². The molecule has 106 valence electrons. The number of rotatable bonds is 8. The zero-order valence-electron chi connectivity index (χ0n) is 10.7. The molecule has 1 aromatic rings. The quantitative estimate of drug-likeness (QED) is 0.762. The number of aliphatic carboxylic acids is 1. The molecule has 0 aliphatic heterocycles. The van der Waals surface area contributed by atoms with Crippen molar-refractivity contribution in [3.8, 4) is 5.75 Å². The highest BCUT2D eigenvalue weighted by Crippen LogP contribution is 2.20. The highest BCUT2D eigenvalue weighted by Gasteiger charge is 2.17. The van der Waals surface area contributed by atoms with Crippen LogP contribution in [0.25, 0.3) is 0 Å². The minimum Gasteiger partial charge on any atom is -0.488 e. The van der Waals surface area contributed by atoms with E-state index in [1.165, 1.54) is 6.07 Å². The average Bonchev–Trinajstić information content (AvgIpc) is 2.36. The van der Waals surface area contributed by atoms with Crippen LogP contribution in [0.2, 0.25) is 0 Å². The van der Waals surface area contributed by atoms with Gasteiger partial charge < -0.3 is 15.2 Å². The molecule has 0 amide bonds. The van der Waals surface area contributed by atoms with Crippen LogP contribution in [-0.2, 0) is 4.79 Å². The predicted molar refractivity (Wildman–Crippen MR) is 66.2 cm³/mol. The monoisotopic (exact) mass is 273 g/mol. The molecule has 0 saturated heterocycles. The molecular weight excluding hydrogens is 256 g/mol. The summed E-state index contributed by atoms with van der Waals surface area (Å²) in [4.78, 5) is 10.9. The molecule has 0 spiro atoms. The first kappa shape index (κ1) is 15.4. The topological polar surface area (TPSA) is 58.6 Å². The van der Waals surface area contributed by atoms with Crippen molar-refractivity contribution in [3.63, 3.8) is 0 Å². The maximum Gasteiger partial charge on any atom is 0.320 e. The molecule has 0 heterocycles. The molecule has 0 fully saturated rings. The van der Waals surface area contributed by atoms with Gasteiger partial charge in [-0.15, -0.1) is 0 Å². The number of carbonyl (C=O) groups is 1. The lowest BCUT2D eigenvalue weighted by molar-refractivity contribution is -0.139. The van der Waals surface area contributed by atoms with Gasteiger partial charge in [-0.1, -0.05) is 13.0 Å². The molecule has 0 aromatic heterocycles. The van der Waals surface area contributed by atoms with Crippen molar-refractivity contribution in [2.75, 3.05) is 13.2 Å². The fraction of sp³-hybridized carbons (Fsp3) is 0.462. The largest absolute Gasteiger partial charge is 0.488 e. The maximum absolute atomic E-state index is 13.2. The standard InChI is InChI=1S/C13H17F2NO3/c1-2-7-16-11(13(17)18)6-8-19-12-9(14)4-3-5-10(12)15/h3-5,11,16H,2,6-8H2,1H3,(H,17,18). The van der Waals surface area contributed by atoms with Crippen LogP contribution in [0.4, 0.5) is 8.78 Å². The van der Waals surface area contributed by atoms with E-state index in [1.807, 2.05) is 6.92 Å². The molecule has 19 heavy (non-hydrogen) atoms. The minimum absolute atomic E-state index is 0.0778. The van der Waals surface area contributed by atoms with E-state index in [4.69, 9.17) is 9.84 Å². The van der Waals surface area contributed by atoms with E-state index in [-0.39, 0.29) is 13.0 Å². The first-order chi connectivity index (χ1) is 9.06. The molecule has 1 aromatic carbocycles. The van der Waals surface area contributed by atoms with Gasteiger partial charge in [-0.25, -0.2) is 8.78 Å². The van der Waals surface area contributed by atoms with E-state index >= 15 is 0 Å². The Bertz CT molecular complexity index is 406. The van der Waals surface area contributed by atoms with Gasteiger partial charge in [0.25, 0.3) is 0 Å². The summed E-state index contributed by atoms with van der Waals surface area (Å²) in [7, 11) is 0. The van der Waals surface area contributed by atoms with E-state index in [2.05, 4.69) is 5.32 Å². The van der Waals surface area contributed by atoms with Crippen LogP contribution in [0.1, 0.15) is 19.8 Å². The zero-order valence-corrected chi connectivity index (χ0v) is 10.7. The Morgan fingerprint density at radius 3 is 2.58 bits per heavy atom. The molecule has 0 radical (unpaired) electrons. The van der Waals surface area contributed by atoms with Crippen LogP contribution in [0, 0.1) is 11.6 Å². The third-order valence-corrected chi connectivity index (χ3v) is 2.51. The van der Waals surface area contributed by atoms with Gasteiger partial charge in [0, 0.05) is 6.42 Å². The summed E-state index contributed by atoms with van der Waals surface area (Å²) >= 11 is 0. The molecule has 0 aliphatic rings. The number of nitrogens with one attached hydrogen (secondary N) is 1. The Balaban J connectivity index is 2.50. The second-order valence-corrected chi connectivity index (χ2v) is 4.03. The Hall–Kier alpha value is -1.69. The molecule has 0 saturated carbocycles. The second-order valence-electron chi connectivity index (χ2n) is 4.03. The third-order valence-electron chi connectivity index (χ3n) is 2.51. The smallest absolute Gasteiger partial charge is 0.320 e. The normalized spacial score (nSPS) is 12.2. The van der Waals surface area contributed by atoms with E-state index < -0.39 is 29.4 Å². The molecule has 1 atom stereocenters. The van der Waals surface area contributed by atoms with Crippen LogP contribution < -0.4 is 10.1 Å². The van der Waals surface area contributed by atoms with Crippen LogP contribution in [0.15, 0.2) is 18.2 Å². The van der Waals surface area contributed by atoms with Crippen molar-refractivity contribution in [3.05, 3.63) is 29.8 Å². The van der Waals surface area contributed by atoms with Crippen LogP contribution in [0.3, 0.4) is 0 Å². The average molecular weight is 273 g/mol. The number of carboxylic acid groups (broad SMARTS) is 1. The summed E-state index contributed by atoms with van der Waals surface area (Å²) < 4.78 is 31.5. The van der Waals surface area contributed by atoms with Crippen LogP contribution in [-0.4, -0.2) is 30.3 Å². The van der Waals surface area contributed by atoms with Gasteiger partial charge in [-0.2, -0.15) is 0 Å². The number of halogens is 2. The molecule has 4 nitrogen and oxygen atoms in total. The Kier molecular flexibility index (Phi) is 6.21. The molecular formula is C13H17F2NO3. The zero-order chi connectivity index (χ0) is 14.3. The number of para-hydroxylation sites is 1. The third kappa shape index (κ3) is 4.82. The second kappa shape index (κ2) is 7.68. The van der Waals surface area contributed by atoms with Gasteiger partial charge in [-0.05, 0) is 25.1 Å². The Morgan fingerprint density at radius 1 is 1.42 bits per heavy atom. The van der Waals surface area contributed by atoms with Crippen LogP contribution in [0.5, 0.6) is 5.75 Å². The minimum atomic E-state index is -1.01. The summed E-state index contributed by atoms with van der Waals surface area (Å²) in [6.45, 7) is 2.40. The number of benzene rings is 1. The highest BCUT2D eigenvalue weighted by atomic mass is 19.1. The van der Waals surface area contributed by atoms with Gasteiger partial charge >= 0.3 is 5.97 Å². The van der Waals surface area contributed by atoms with E-state index in [0.29, 0.717) is 6.54 Å². The SMILES string of the molecule is CCCNC(CCOc1c(F)cccc1F)C(=O)O. The fourth-order valence-electron chi connectivity index (χ4n) is 1.53. The van der Waals surface area contributed by atoms with E-state index in [9.17, 15) is 13.6 Å². The van der Waals surface area contributed by atoms with E-state index in [1.54, 1.807) is 0 Å². The number of hydrogen-bond acceptors (Lipinski definition) is 3. The number of ether oxygens (including phenoxy) is 1. The number of carboxylic acids is 1. The molecule has 1 rings (SSSR count). The molecule has 1 unspecified atom stereocenters. The fourth-order valence-corrected chi connectivity index (χ4v) is 1.53. The van der Waals surface area contributed by atoms with Crippen molar-refractivity contribution in [2.45, 2.75) is 25.8 Å². The highest BCUT2D eigenvalue weighted by molar-refractivity contribution is 5.73. The molecule has 6 heteroatoms. The molecule has 0 aliphatic carbocycles. The van der Waals surface area contributed by atoms with Gasteiger partial charge in [0.1, 0.15) is 6.04 Å². The predicted octanol–water partition coefficient (Wildman–Crippen LogP) is 2.19. The van der Waals surface area contributed by atoms with Gasteiger partial charge in [0.05, 0.1) is 6.61 Å². The van der Waals surface area contributed by atoms with E-state index in [0.717, 1.165) is 18.6 Å². The summed E-state index contributed by atoms with van der Waals surface area (Å²) in [6, 6.07) is 2.63. The van der Waals surface area contributed by atoms with Crippen molar-refractivity contribution in [2.24, 2.45) is 0 Å². The Morgan fingerprint density at radius 2 is 2.05 bits per heavy atom.